The minimum atomic E-state index is 0.321. The third kappa shape index (κ3) is 2.50. The van der Waals surface area contributed by atoms with Crippen molar-refractivity contribution in [1.82, 2.24) is 15.2 Å². The minimum Gasteiger partial charge on any atom is -0.368 e. The zero-order valence-electron chi connectivity index (χ0n) is 8.34. The van der Waals surface area contributed by atoms with Crippen molar-refractivity contribution in [3.8, 4) is 0 Å². The van der Waals surface area contributed by atoms with Crippen LogP contribution in [0.5, 0.6) is 0 Å². The Hall–Kier alpha value is -1.49. The first-order chi connectivity index (χ1) is 7.25. The van der Waals surface area contributed by atoms with Gasteiger partial charge in [0.05, 0.1) is 0 Å². The van der Waals surface area contributed by atoms with Crippen molar-refractivity contribution in [1.29, 1.82) is 0 Å². The first kappa shape index (κ1) is 10.0. The van der Waals surface area contributed by atoms with Crippen LogP contribution in [0.2, 0.25) is 0 Å². The van der Waals surface area contributed by atoms with Gasteiger partial charge >= 0.3 is 0 Å². The molecular formula is C10H12N4S. The molecule has 0 bridgehead atoms. The number of aromatic nitrogens is 3. The zero-order valence-corrected chi connectivity index (χ0v) is 9.16. The Kier molecular flexibility index (Phi) is 2.91. The number of hydrogen-bond donors (Lipinski definition) is 2. The molecule has 0 aliphatic heterocycles. The Morgan fingerprint density at radius 1 is 1.33 bits per heavy atom. The molecule has 0 radical (unpaired) electrons. The molecular weight excluding hydrogens is 208 g/mol. The Balaban J connectivity index is 2.07. The maximum Gasteiger partial charge on any atom is 0.216 e. The lowest BCUT2D eigenvalue weighted by atomic mass is 10.2. The van der Waals surface area contributed by atoms with E-state index in [2.05, 4.69) is 34.2 Å². The fourth-order valence-corrected chi connectivity index (χ4v) is 2.12. The first-order valence-electron chi connectivity index (χ1n) is 4.65. The lowest BCUT2D eigenvalue weighted by molar-refractivity contribution is 0.960. The molecule has 0 spiro atoms. The van der Waals surface area contributed by atoms with Crippen LogP contribution in [-0.2, 0) is 0 Å². The van der Waals surface area contributed by atoms with Crippen LogP contribution in [0.25, 0.3) is 0 Å². The highest BCUT2D eigenvalue weighted by Gasteiger charge is 2.09. The molecule has 3 N–H and O–H groups in total. The first-order valence-corrected chi connectivity index (χ1v) is 5.53. The van der Waals surface area contributed by atoms with Crippen LogP contribution in [0.3, 0.4) is 0 Å². The second-order valence-corrected chi connectivity index (χ2v) is 4.48. The number of benzene rings is 1. The van der Waals surface area contributed by atoms with Crippen molar-refractivity contribution in [2.24, 2.45) is 0 Å². The Morgan fingerprint density at radius 3 is 2.67 bits per heavy atom. The molecule has 78 valence electrons. The van der Waals surface area contributed by atoms with E-state index in [0.717, 1.165) is 0 Å². The highest BCUT2D eigenvalue weighted by molar-refractivity contribution is 7.99. The van der Waals surface area contributed by atoms with Crippen LogP contribution in [-0.4, -0.2) is 15.2 Å². The van der Waals surface area contributed by atoms with E-state index in [0.29, 0.717) is 16.4 Å². The normalized spacial score (nSPS) is 12.6. The summed E-state index contributed by atoms with van der Waals surface area (Å²) in [4.78, 5) is 4.05. The van der Waals surface area contributed by atoms with Crippen LogP contribution in [0.1, 0.15) is 17.7 Å². The molecule has 1 heterocycles. The number of rotatable bonds is 3. The Bertz CT molecular complexity index is 426. The fourth-order valence-electron chi connectivity index (χ4n) is 1.26. The molecule has 2 aromatic rings. The summed E-state index contributed by atoms with van der Waals surface area (Å²) >= 11 is 1.58. The van der Waals surface area contributed by atoms with Gasteiger partial charge in [-0.15, -0.1) is 5.10 Å². The van der Waals surface area contributed by atoms with Crippen molar-refractivity contribution >= 4 is 17.7 Å². The van der Waals surface area contributed by atoms with Crippen LogP contribution in [0.4, 0.5) is 5.95 Å². The predicted molar refractivity (Wildman–Crippen MR) is 61.5 cm³/mol. The van der Waals surface area contributed by atoms with Crippen LogP contribution >= 0.6 is 11.8 Å². The molecule has 0 aliphatic rings. The summed E-state index contributed by atoms with van der Waals surface area (Å²) in [5.41, 5.74) is 6.71. The second kappa shape index (κ2) is 4.35. The standard InChI is InChI=1S/C10H12N4S/c1-7(8-5-3-2-4-6-8)15-10-12-9(11)13-14-10/h2-7H,1H3,(H3,11,12,13,14)/t7-/m0/s1. The second-order valence-electron chi connectivity index (χ2n) is 3.17. The van der Waals surface area contributed by atoms with Crippen molar-refractivity contribution in [3.63, 3.8) is 0 Å². The molecule has 0 saturated carbocycles. The van der Waals surface area contributed by atoms with Crippen molar-refractivity contribution in [2.45, 2.75) is 17.3 Å². The van der Waals surface area contributed by atoms with Gasteiger partial charge in [0.25, 0.3) is 0 Å². The number of hydrogen-bond acceptors (Lipinski definition) is 4. The summed E-state index contributed by atoms with van der Waals surface area (Å²) in [6.45, 7) is 2.12. The van der Waals surface area contributed by atoms with E-state index in [-0.39, 0.29) is 0 Å². The predicted octanol–water partition coefficient (Wildman–Crippen LogP) is 2.24. The molecule has 0 unspecified atom stereocenters. The average Bonchev–Trinajstić information content (AvgIpc) is 2.65. The van der Waals surface area contributed by atoms with Crippen molar-refractivity contribution < 1.29 is 0 Å². The van der Waals surface area contributed by atoms with Gasteiger partial charge in [0, 0.05) is 5.25 Å². The van der Waals surface area contributed by atoms with E-state index in [1.807, 2.05) is 18.2 Å². The molecule has 15 heavy (non-hydrogen) atoms. The summed E-state index contributed by atoms with van der Waals surface area (Å²) in [5, 5.41) is 7.61. The summed E-state index contributed by atoms with van der Waals surface area (Å²) < 4.78 is 0. The van der Waals surface area contributed by atoms with Crippen LogP contribution in [0.15, 0.2) is 35.5 Å². The molecule has 2 rings (SSSR count). The van der Waals surface area contributed by atoms with Crippen LogP contribution in [0, 0.1) is 0 Å². The fraction of sp³-hybridized carbons (Fsp3) is 0.200. The van der Waals surface area contributed by atoms with Crippen molar-refractivity contribution in [2.75, 3.05) is 5.73 Å². The number of nitrogens with two attached hydrogens (primary N) is 1. The van der Waals surface area contributed by atoms with E-state index < -0.39 is 0 Å². The van der Waals surface area contributed by atoms with Gasteiger partial charge < -0.3 is 5.73 Å². The zero-order chi connectivity index (χ0) is 10.7. The minimum absolute atomic E-state index is 0.321. The van der Waals surface area contributed by atoms with Gasteiger partial charge in [-0.1, -0.05) is 42.1 Å². The molecule has 5 heteroatoms. The molecule has 4 nitrogen and oxygen atoms in total. The summed E-state index contributed by atoms with van der Waals surface area (Å²) in [6.07, 6.45) is 0. The molecule has 1 aromatic carbocycles. The van der Waals surface area contributed by atoms with Crippen molar-refractivity contribution in [3.05, 3.63) is 35.9 Å². The average molecular weight is 220 g/mol. The quantitative estimate of drug-likeness (QED) is 0.778. The third-order valence-corrected chi connectivity index (χ3v) is 3.05. The van der Waals surface area contributed by atoms with Gasteiger partial charge in [-0.3, -0.25) is 0 Å². The van der Waals surface area contributed by atoms with Gasteiger partial charge in [0.2, 0.25) is 11.1 Å². The molecule has 1 aromatic heterocycles. The Morgan fingerprint density at radius 2 is 2.07 bits per heavy atom. The largest absolute Gasteiger partial charge is 0.368 e. The van der Waals surface area contributed by atoms with Gasteiger partial charge in [-0.2, -0.15) is 4.98 Å². The van der Waals surface area contributed by atoms with Gasteiger partial charge in [-0.25, -0.2) is 5.10 Å². The van der Waals surface area contributed by atoms with Gasteiger partial charge in [0.1, 0.15) is 0 Å². The number of nitrogens with one attached hydrogen (secondary N) is 1. The number of anilines is 1. The van der Waals surface area contributed by atoms with E-state index in [1.165, 1.54) is 5.56 Å². The number of aromatic amines is 1. The van der Waals surface area contributed by atoms with E-state index in [9.17, 15) is 0 Å². The van der Waals surface area contributed by atoms with Crippen LogP contribution < -0.4 is 5.73 Å². The van der Waals surface area contributed by atoms with E-state index in [4.69, 9.17) is 5.73 Å². The number of nitrogens with zero attached hydrogens (tertiary/aromatic N) is 2. The maximum atomic E-state index is 5.45. The maximum absolute atomic E-state index is 5.45. The Labute approximate surface area is 92.3 Å². The lowest BCUT2D eigenvalue weighted by Gasteiger charge is -2.07. The lowest BCUT2D eigenvalue weighted by Crippen LogP contribution is -1.89. The highest BCUT2D eigenvalue weighted by Crippen LogP contribution is 2.32. The van der Waals surface area contributed by atoms with E-state index >= 15 is 0 Å². The molecule has 0 aliphatic carbocycles. The molecule has 1 atom stereocenters. The molecule has 0 saturated heterocycles. The summed E-state index contributed by atoms with van der Waals surface area (Å²) in [6, 6.07) is 10.2. The third-order valence-electron chi connectivity index (χ3n) is 2.03. The smallest absolute Gasteiger partial charge is 0.216 e. The number of H-pyrrole nitrogens is 1. The molecule has 0 amide bonds. The summed E-state index contributed by atoms with van der Waals surface area (Å²) in [5.74, 6) is 0.359. The SMILES string of the molecule is C[C@H](Sc1n[nH]c(N)n1)c1ccccc1. The van der Waals surface area contributed by atoms with Gasteiger partial charge in [0.15, 0.2) is 0 Å². The monoisotopic (exact) mass is 220 g/mol. The summed E-state index contributed by atoms with van der Waals surface area (Å²) in [7, 11) is 0. The highest BCUT2D eigenvalue weighted by atomic mass is 32.2. The number of nitrogen functional groups attached to an aromatic ring is 1. The topological polar surface area (TPSA) is 67.6 Å². The number of thioether (sulfide) groups is 1. The molecule has 0 fully saturated rings. The van der Waals surface area contributed by atoms with Gasteiger partial charge in [-0.05, 0) is 12.5 Å². The van der Waals surface area contributed by atoms with E-state index in [1.54, 1.807) is 11.8 Å².